The summed E-state index contributed by atoms with van der Waals surface area (Å²) < 4.78 is 52.0. The zero-order valence-electron chi connectivity index (χ0n) is 17.2. The van der Waals surface area contributed by atoms with Gasteiger partial charge in [-0.15, -0.1) is 0 Å². The van der Waals surface area contributed by atoms with E-state index < -0.39 is 11.9 Å². The number of alkyl halides is 3. The Balaban J connectivity index is 1.58. The average Bonchev–Trinajstić information content (AvgIpc) is 3.22. The van der Waals surface area contributed by atoms with Crippen LogP contribution in [0.3, 0.4) is 0 Å². The molecule has 0 saturated heterocycles. The Morgan fingerprint density at radius 1 is 0.848 bits per heavy atom. The fourth-order valence-corrected chi connectivity index (χ4v) is 3.79. The fraction of sp³-hybridized carbons (Fsp3) is 0.125. The van der Waals surface area contributed by atoms with E-state index in [0.717, 1.165) is 27.6 Å². The molecule has 1 aromatic heterocycles. The molecular weight excluding hydrogens is 476 g/mol. The van der Waals surface area contributed by atoms with Crippen molar-refractivity contribution >= 4 is 23.2 Å². The minimum Gasteiger partial charge on any atom is -0.497 e. The fourth-order valence-electron chi connectivity index (χ4n) is 3.23. The second kappa shape index (κ2) is 9.37. The lowest BCUT2D eigenvalue weighted by atomic mass is 10.1. The number of hydrogen-bond donors (Lipinski definition) is 0. The number of nitrogens with zero attached hydrogens (tertiary/aromatic N) is 2. The van der Waals surface area contributed by atoms with Gasteiger partial charge in [-0.05, 0) is 53.6 Å². The van der Waals surface area contributed by atoms with Gasteiger partial charge in [0.05, 0.1) is 22.8 Å². The predicted octanol–water partition coefficient (Wildman–Crippen LogP) is 7.45. The van der Waals surface area contributed by atoms with Crippen molar-refractivity contribution in [2.45, 2.75) is 12.8 Å². The summed E-state index contributed by atoms with van der Waals surface area (Å²) in [5, 5.41) is 4.03. The van der Waals surface area contributed by atoms with E-state index in [1.54, 1.807) is 25.3 Å². The van der Waals surface area contributed by atoms with Crippen LogP contribution in [0.1, 0.15) is 11.4 Å². The largest absolute Gasteiger partial charge is 0.497 e. The van der Waals surface area contributed by atoms with Gasteiger partial charge in [-0.25, -0.2) is 4.68 Å². The monoisotopic (exact) mass is 492 g/mol. The van der Waals surface area contributed by atoms with Crippen LogP contribution >= 0.6 is 23.2 Å². The zero-order valence-corrected chi connectivity index (χ0v) is 18.7. The first kappa shape index (κ1) is 23.0. The summed E-state index contributed by atoms with van der Waals surface area (Å²) >= 11 is 12.4. The van der Waals surface area contributed by atoms with Gasteiger partial charge in [0, 0.05) is 0 Å². The van der Waals surface area contributed by atoms with Crippen LogP contribution in [0.15, 0.2) is 72.8 Å². The molecule has 170 valence electrons. The summed E-state index contributed by atoms with van der Waals surface area (Å²) in [7, 11) is 1.60. The first-order valence-corrected chi connectivity index (χ1v) is 10.5. The standard InChI is InChI=1S/C24H17Cl2F3N2O2/c1-32-18-9-5-15(6-10-18)16-7-11-19(12-8-16)33-14-17-13-22(24(27,28)29)30-31(17)23-20(25)3-2-4-21(23)26/h2-13H,14H2,1H3. The SMILES string of the molecule is COc1ccc(-c2ccc(OCc3cc(C(F)(F)F)nn3-c3c(Cl)cccc3Cl)cc2)cc1. The van der Waals surface area contributed by atoms with Gasteiger partial charge in [0.1, 0.15) is 23.8 Å². The summed E-state index contributed by atoms with van der Waals surface area (Å²) in [4.78, 5) is 0. The molecule has 0 unspecified atom stereocenters. The smallest absolute Gasteiger partial charge is 0.435 e. The van der Waals surface area contributed by atoms with Crippen LogP contribution in [0.2, 0.25) is 10.0 Å². The van der Waals surface area contributed by atoms with Crippen LogP contribution in [0.4, 0.5) is 13.2 Å². The molecule has 0 N–H and O–H groups in total. The molecule has 4 aromatic rings. The van der Waals surface area contributed by atoms with Crippen LogP contribution in [-0.2, 0) is 12.8 Å². The Hall–Kier alpha value is -3.16. The Bertz CT molecular complexity index is 1230. The number of hydrogen-bond acceptors (Lipinski definition) is 3. The van der Waals surface area contributed by atoms with Crippen LogP contribution in [0.5, 0.6) is 11.5 Å². The molecular formula is C24H17Cl2F3N2O2. The number of aromatic nitrogens is 2. The van der Waals surface area contributed by atoms with Gasteiger partial charge in [-0.1, -0.05) is 53.5 Å². The highest BCUT2D eigenvalue weighted by atomic mass is 35.5. The Kier molecular flexibility index (Phi) is 6.54. The molecule has 0 saturated carbocycles. The maximum atomic E-state index is 13.3. The van der Waals surface area contributed by atoms with Gasteiger partial charge < -0.3 is 9.47 Å². The first-order valence-electron chi connectivity index (χ1n) is 9.74. The van der Waals surface area contributed by atoms with Gasteiger partial charge in [0.25, 0.3) is 0 Å². The van der Waals surface area contributed by atoms with Crippen molar-refractivity contribution in [3.05, 3.63) is 94.2 Å². The van der Waals surface area contributed by atoms with Gasteiger partial charge in [-0.3, -0.25) is 0 Å². The number of ether oxygens (including phenoxy) is 2. The molecule has 0 aliphatic heterocycles. The van der Waals surface area contributed by atoms with Gasteiger partial charge >= 0.3 is 6.18 Å². The molecule has 4 nitrogen and oxygen atoms in total. The third-order valence-corrected chi connectivity index (χ3v) is 5.50. The van der Waals surface area contributed by atoms with Crippen molar-refractivity contribution in [1.82, 2.24) is 9.78 Å². The summed E-state index contributed by atoms with van der Waals surface area (Å²) in [6, 6.07) is 20.4. The minimum atomic E-state index is -4.63. The second-order valence-electron chi connectivity index (χ2n) is 7.04. The van der Waals surface area contributed by atoms with Crippen molar-refractivity contribution in [3.63, 3.8) is 0 Å². The maximum Gasteiger partial charge on any atom is 0.435 e. The number of halogens is 5. The normalized spacial score (nSPS) is 11.5. The lowest BCUT2D eigenvalue weighted by Gasteiger charge is -2.12. The molecule has 0 aliphatic carbocycles. The van der Waals surface area contributed by atoms with Crippen LogP contribution < -0.4 is 9.47 Å². The predicted molar refractivity (Wildman–Crippen MR) is 121 cm³/mol. The zero-order chi connectivity index (χ0) is 23.6. The molecule has 0 fully saturated rings. The third kappa shape index (κ3) is 5.10. The van der Waals surface area contributed by atoms with Crippen LogP contribution in [0.25, 0.3) is 16.8 Å². The van der Waals surface area contributed by atoms with E-state index in [9.17, 15) is 13.2 Å². The molecule has 9 heteroatoms. The Morgan fingerprint density at radius 3 is 1.91 bits per heavy atom. The number of para-hydroxylation sites is 1. The molecule has 0 spiro atoms. The third-order valence-electron chi connectivity index (χ3n) is 4.89. The molecule has 1 heterocycles. The molecule has 0 bridgehead atoms. The number of rotatable bonds is 6. The van der Waals surface area contributed by atoms with E-state index in [1.807, 2.05) is 36.4 Å². The Labute approximate surface area is 198 Å². The van der Waals surface area contributed by atoms with Gasteiger partial charge in [0.2, 0.25) is 0 Å². The highest BCUT2D eigenvalue weighted by Gasteiger charge is 2.35. The molecule has 33 heavy (non-hydrogen) atoms. The first-order chi connectivity index (χ1) is 15.8. The molecule has 3 aromatic carbocycles. The molecule has 0 radical (unpaired) electrons. The molecule has 0 atom stereocenters. The van der Waals surface area contributed by atoms with Gasteiger partial charge in [-0.2, -0.15) is 18.3 Å². The van der Waals surface area contributed by atoms with Crippen LogP contribution in [0, 0.1) is 0 Å². The summed E-state index contributed by atoms with van der Waals surface area (Å²) in [5.74, 6) is 1.24. The summed E-state index contributed by atoms with van der Waals surface area (Å²) in [6.07, 6.45) is -4.63. The minimum absolute atomic E-state index is 0.150. The van der Waals surface area contributed by atoms with Crippen molar-refractivity contribution in [2.75, 3.05) is 7.11 Å². The summed E-state index contributed by atoms with van der Waals surface area (Å²) in [5.41, 5.74) is 1.19. The molecule has 4 rings (SSSR count). The van der Waals surface area contributed by atoms with Crippen LogP contribution in [-0.4, -0.2) is 16.9 Å². The van der Waals surface area contributed by atoms with E-state index in [1.165, 1.54) is 12.1 Å². The highest BCUT2D eigenvalue weighted by molar-refractivity contribution is 6.37. The highest BCUT2D eigenvalue weighted by Crippen LogP contribution is 2.34. The molecule has 0 amide bonds. The maximum absolute atomic E-state index is 13.3. The topological polar surface area (TPSA) is 36.3 Å². The number of benzene rings is 3. The van der Waals surface area contributed by atoms with E-state index in [4.69, 9.17) is 32.7 Å². The van der Waals surface area contributed by atoms with Gasteiger partial charge in [0.15, 0.2) is 5.69 Å². The summed E-state index contributed by atoms with van der Waals surface area (Å²) in [6.45, 7) is -0.174. The average molecular weight is 493 g/mol. The molecule has 0 aliphatic rings. The lowest BCUT2D eigenvalue weighted by Crippen LogP contribution is -2.09. The van der Waals surface area contributed by atoms with Crippen molar-refractivity contribution < 1.29 is 22.6 Å². The van der Waals surface area contributed by atoms with E-state index in [-0.39, 0.29) is 28.0 Å². The van der Waals surface area contributed by atoms with E-state index in [2.05, 4.69) is 5.10 Å². The van der Waals surface area contributed by atoms with Crippen molar-refractivity contribution in [1.29, 1.82) is 0 Å². The van der Waals surface area contributed by atoms with Crippen molar-refractivity contribution in [3.8, 4) is 28.3 Å². The lowest BCUT2D eigenvalue weighted by molar-refractivity contribution is -0.141. The van der Waals surface area contributed by atoms with E-state index in [0.29, 0.717) is 5.75 Å². The quantitative estimate of drug-likeness (QED) is 0.280. The Morgan fingerprint density at radius 2 is 1.39 bits per heavy atom. The second-order valence-corrected chi connectivity index (χ2v) is 7.86. The van der Waals surface area contributed by atoms with Crippen molar-refractivity contribution in [2.24, 2.45) is 0 Å². The number of methoxy groups -OCH3 is 1. The van der Waals surface area contributed by atoms with E-state index >= 15 is 0 Å².